The summed E-state index contributed by atoms with van der Waals surface area (Å²) < 4.78 is 11.3. The van der Waals surface area contributed by atoms with E-state index in [2.05, 4.69) is 19.0 Å². The number of likely N-dealkylation sites (tertiary alicyclic amines) is 1. The molecule has 1 amide bonds. The fourth-order valence-electron chi connectivity index (χ4n) is 3.39. The van der Waals surface area contributed by atoms with Gasteiger partial charge < -0.3 is 19.0 Å². The van der Waals surface area contributed by atoms with Gasteiger partial charge in [0.05, 0.1) is 24.0 Å². The Bertz CT molecular complexity index is 515. The fourth-order valence-corrected chi connectivity index (χ4v) is 3.39. The maximum absolute atomic E-state index is 12.5. The molecule has 0 saturated carbocycles. The molecule has 0 N–H and O–H groups in total. The topological polar surface area (TPSA) is 45.9 Å². The summed E-state index contributed by atoms with van der Waals surface area (Å²) >= 11 is 0. The van der Waals surface area contributed by atoms with Crippen LogP contribution in [0.2, 0.25) is 0 Å². The van der Waals surface area contributed by atoms with E-state index in [-0.39, 0.29) is 11.5 Å². The first-order valence-electron chi connectivity index (χ1n) is 7.64. The second-order valence-corrected chi connectivity index (χ2v) is 6.50. The number of rotatable bonds is 2. The maximum Gasteiger partial charge on any atom is 0.257 e. The molecule has 2 aliphatic heterocycles. The summed E-state index contributed by atoms with van der Waals surface area (Å²) in [5.41, 5.74) is 0.668. The molecule has 0 aromatic carbocycles. The standard InChI is InChI=1S/C16H24N2O3/c1-12-14(4-9-20-12)15(19)18-7-5-16(6-8-18)10-13(11-21-16)17(2)3/h4,9,13H,5-8,10-11H2,1-3H3/t13-/m0/s1. The monoisotopic (exact) mass is 292 g/mol. The van der Waals surface area contributed by atoms with Crippen LogP contribution in [0.1, 0.15) is 35.4 Å². The number of piperidine rings is 1. The van der Waals surface area contributed by atoms with E-state index in [0.717, 1.165) is 39.0 Å². The number of ether oxygens (including phenoxy) is 1. The molecule has 2 aliphatic rings. The van der Waals surface area contributed by atoms with Crippen molar-refractivity contribution in [3.05, 3.63) is 23.7 Å². The summed E-state index contributed by atoms with van der Waals surface area (Å²) in [6, 6.07) is 2.26. The number of hydrogen-bond acceptors (Lipinski definition) is 4. The van der Waals surface area contributed by atoms with Gasteiger partial charge in [-0.05, 0) is 46.3 Å². The van der Waals surface area contributed by atoms with Crippen LogP contribution < -0.4 is 0 Å². The van der Waals surface area contributed by atoms with Crippen molar-refractivity contribution in [1.82, 2.24) is 9.80 Å². The van der Waals surface area contributed by atoms with Crippen molar-refractivity contribution in [2.45, 2.75) is 37.8 Å². The van der Waals surface area contributed by atoms with Crippen molar-refractivity contribution < 1.29 is 13.9 Å². The van der Waals surface area contributed by atoms with Crippen molar-refractivity contribution in [3.63, 3.8) is 0 Å². The average molecular weight is 292 g/mol. The molecule has 1 aromatic rings. The van der Waals surface area contributed by atoms with Crippen LogP contribution in [0.25, 0.3) is 0 Å². The molecule has 116 valence electrons. The number of aryl methyl sites for hydroxylation is 1. The zero-order chi connectivity index (χ0) is 15.0. The second kappa shape index (κ2) is 5.46. The highest BCUT2D eigenvalue weighted by atomic mass is 16.5. The van der Waals surface area contributed by atoms with Gasteiger partial charge in [-0.3, -0.25) is 4.79 Å². The first kappa shape index (κ1) is 14.6. The van der Waals surface area contributed by atoms with E-state index in [1.807, 2.05) is 11.8 Å². The van der Waals surface area contributed by atoms with Gasteiger partial charge in [-0.2, -0.15) is 0 Å². The number of amides is 1. The highest BCUT2D eigenvalue weighted by Crippen LogP contribution is 2.37. The van der Waals surface area contributed by atoms with Gasteiger partial charge in [-0.1, -0.05) is 0 Å². The number of carbonyl (C=O) groups is 1. The van der Waals surface area contributed by atoms with Crippen LogP contribution in [0.3, 0.4) is 0 Å². The molecule has 0 bridgehead atoms. The quantitative estimate of drug-likeness (QED) is 0.835. The summed E-state index contributed by atoms with van der Waals surface area (Å²) in [5, 5.41) is 0. The Kier molecular flexibility index (Phi) is 3.80. The van der Waals surface area contributed by atoms with Gasteiger partial charge in [0.15, 0.2) is 0 Å². The number of nitrogens with zero attached hydrogens (tertiary/aromatic N) is 2. The number of likely N-dealkylation sites (N-methyl/N-ethyl adjacent to an activating group) is 1. The fraction of sp³-hybridized carbons (Fsp3) is 0.688. The van der Waals surface area contributed by atoms with E-state index in [1.54, 1.807) is 12.3 Å². The van der Waals surface area contributed by atoms with Crippen LogP contribution >= 0.6 is 0 Å². The molecule has 0 unspecified atom stereocenters. The Hall–Kier alpha value is -1.33. The largest absolute Gasteiger partial charge is 0.469 e. The highest BCUT2D eigenvalue weighted by molar-refractivity contribution is 5.95. The van der Waals surface area contributed by atoms with Crippen LogP contribution in [0, 0.1) is 6.92 Å². The van der Waals surface area contributed by atoms with Gasteiger partial charge in [0.2, 0.25) is 0 Å². The molecule has 3 rings (SSSR count). The van der Waals surface area contributed by atoms with Gasteiger partial charge >= 0.3 is 0 Å². The zero-order valence-corrected chi connectivity index (χ0v) is 13.1. The number of hydrogen-bond donors (Lipinski definition) is 0. The minimum atomic E-state index is -0.0167. The number of furan rings is 1. The maximum atomic E-state index is 12.5. The molecule has 2 saturated heterocycles. The summed E-state index contributed by atoms with van der Waals surface area (Å²) in [6.07, 6.45) is 4.52. The Morgan fingerprint density at radius 3 is 2.62 bits per heavy atom. The zero-order valence-electron chi connectivity index (χ0n) is 13.1. The molecule has 5 heteroatoms. The van der Waals surface area contributed by atoms with Crippen LogP contribution in [-0.2, 0) is 4.74 Å². The van der Waals surface area contributed by atoms with Gasteiger partial charge in [0, 0.05) is 19.1 Å². The normalized spacial score (nSPS) is 25.0. The molecule has 21 heavy (non-hydrogen) atoms. The van der Waals surface area contributed by atoms with Crippen LogP contribution in [0.15, 0.2) is 16.7 Å². The van der Waals surface area contributed by atoms with E-state index < -0.39 is 0 Å². The predicted octanol–water partition coefficient (Wildman–Crippen LogP) is 1.91. The third-order valence-corrected chi connectivity index (χ3v) is 4.97. The molecular formula is C16H24N2O3. The van der Waals surface area contributed by atoms with Crippen molar-refractivity contribution in [1.29, 1.82) is 0 Å². The first-order valence-corrected chi connectivity index (χ1v) is 7.64. The van der Waals surface area contributed by atoms with E-state index in [1.165, 1.54) is 0 Å². The SMILES string of the molecule is Cc1occc1C(=O)N1CCC2(CC1)C[C@H](N(C)C)CO2. The lowest BCUT2D eigenvalue weighted by Crippen LogP contribution is -2.47. The molecule has 5 nitrogen and oxygen atoms in total. The third-order valence-electron chi connectivity index (χ3n) is 4.97. The Balaban J connectivity index is 1.61. The minimum absolute atomic E-state index is 0.0167. The van der Waals surface area contributed by atoms with E-state index in [0.29, 0.717) is 17.4 Å². The molecular weight excluding hydrogens is 268 g/mol. The first-order chi connectivity index (χ1) is 10.0. The summed E-state index contributed by atoms with van der Waals surface area (Å²) in [6.45, 7) is 4.18. The van der Waals surface area contributed by atoms with E-state index in [4.69, 9.17) is 9.15 Å². The molecule has 3 heterocycles. The Labute approximate surface area is 125 Å². The molecule has 2 fully saturated rings. The number of carbonyl (C=O) groups excluding carboxylic acids is 1. The molecule has 1 aromatic heterocycles. The van der Waals surface area contributed by atoms with Crippen molar-refractivity contribution in [2.24, 2.45) is 0 Å². The molecule has 1 spiro atoms. The Morgan fingerprint density at radius 2 is 2.10 bits per heavy atom. The van der Waals surface area contributed by atoms with Crippen molar-refractivity contribution in [2.75, 3.05) is 33.8 Å². The van der Waals surface area contributed by atoms with Gasteiger partial charge in [0.25, 0.3) is 5.91 Å². The van der Waals surface area contributed by atoms with Crippen LogP contribution in [0.4, 0.5) is 0 Å². The van der Waals surface area contributed by atoms with Crippen LogP contribution in [0.5, 0.6) is 0 Å². The lowest BCUT2D eigenvalue weighted by atomic mass is 9.87. The highest BCUT2D eigenvalue weighted by Gasteiger charge is 2.44. The van der Waals surface area contributed by atoms with Crippen molar-refractivity contribution >= 4 is 5.91 Å². The minimum Gasteiger partial charge on any atom is -0.469 e. The summed E-state index contributed by atoms with van der Waals surface area (Å²) in [7, 11) is 4.21. The molecule has 0 aliphatic carbocycles. The Morgan fingerprint density at radius 1 is 1.38 bits per heavy atom. The molecule has 1 atom stereocenters. The van der Waals surface area contributed by atoms with E-state index >= 15 is 0 Å². The van der Waals surface area contributed by atoms with E-state index in [9.17, 15) is 4.79 Å². The predicted molar refractivity (Wildman–Crippen MR) is 79.4 cm³/mol. The summed E-state index contributed by atoms with van der Waals surface area (Å²) in [4.78, 5) is 16.6. The van der Waals surface area contributed by atoms with Crippen LogP contribution in [-0.4, -0.2) is 61.1 Å². The van der Waals surface area contributed by atoms with Crippen molar-refractivity contribution in [3.8, 4) is 0 Å². The lowest BCUT2D eigenvalue weighted by molar-refractivity contribution is -0.0392. The smallest absolute Gasteiger partial charge is 0.257 e. The van der Waals surface area contributed by atoms with Gasteiger partial charge in [-0.25, -0.2) is 0 Å². The summed E-state index contributed by atoms with van der Waals surface area (Å²) in [5.74, 6) is 0.781. The average Bonchev–Trinajstić information content (AvgIpc) is 3.06. The molecule has 0 radical (unpaired) electrons. The second-order valence-electron chi connectivity index (χ2n) is 6.50. The van der Waals surface area contributed by atoms with Gasteiger partial charge in [0.1, 0.15) is 5.76 Å². The van der Waals surface area contributed by atoms with Gasteiger partial charge in [-0.15, -0.1) is 0 Å². The lowest BCUT2D eigenvalue weighted by Gasteiger charge is -2.38. The third kappa shape index (κ3) is 2.72.